The maximum atomic E-state index is 12.5. The number of nitrogens with one attached hydrogen (secondary N) is 2. The SMILES string of the molecule is CCOC(=O)Oc1ccc(C(=O)NCCCNC(=O)C2CC(=O)N(C(C)c3ccccc3)C2)cc1. The number of amides is 3. The number of ether oxygens (including phenoxy) is 2. The monoisotopic (exact) mass is 481 g/mol. The highest BCUT2D eigenvalue weighted by atomic mass is 16.7. The minimum absolute atomic E-state index is 0.0209. The molecule has 3 amide bonds. The second kappa shape index (κ2) is 12.5. The molecule has 35 heavy (non-hydrogen) atoms. The molecule has 1 fully saturated rings. The first-order chi connectivity index (χ1) is 16.9. The molecule has 186 valence electrons. The maximum absolute atomic E-state index is 12.5. The van der Waals surface area contributed by atoms with E-state index in [2.05, 4.69) is 10.6 Å². The molecule has 0 aliphatic carbocycles. The van der Waals surface area contributed by atoms with Crippen LogP contribution in [0.4, 0.5) is 4.79 Å². The van der Waals surface area contributed by atoms with Gasteiger partial charge in [-0.15, -0.1) is 0 Å². The summed E-state index contributed by atoms with van der Waals surface area (Å²) < 4.78 is 9.66. The van der Waals surface area contributed by atoms with Crippen molar-refractivity contribution in [2.45, 2.75) is 32.7 Å². The van der Waals surface area contributed by atoms with E-state index in [1.165, 1.54) is 12.1 Å². The molecule has 2 N–H and O–H groups in total. The molecule has 1 saturated heterocycles. The van der Waals surface area contributed by atoms with E-state index in [0.717, 1.165) is 5.56 Å². The third kappa shape index (κ3) is 7.30. The molecule has 3 rings (SSSR count). The summed E-state index contributed by atoms with van der Waals surface area (Å²) >= 11 is 0. The van der Waals surface area contributed by atoms with E-state index in [1.54, 1.807) is 24.0 Å². The Kier molecular flexibility index (Phi) is 9.23. The van der Waals surface area contributed by atoms with Crippen LogP contribution in [0, 0.1) is 5.92 Å². The van der Waals surface area contributed by atoms with Crippen LogP contribution in [-0.2, 0) is 14.3 Å². The van der Waals surface area contributed by atoms with Crippen molar-refractivity contribution in [3.05, 3.63) is 65.7 Å². The number of likely N-dealkylation sites (tertiary alicyclic amines) is 1. The zero-order valence-electron chi connectivity index (χ0n) is 20.0. The quantitative estimate of drug-likeness (QED) is 0.306. The molecule has 0 radical (unpaired) electrons. The Labute approximate surface area is 204 Å². The van der Waals surface area contributed by atoms with Crippen LogP contribution in [0.2, 0.25) is 0 Å². The molecular formula is C26H31N3O6. The van der Waals surface area contributed by atoms with Gasteiger partial charge < -0.3 is 25.0 Å². The van der Waals surface area contributed by atoms with Crippen molar-refractivity contribution in [2.24, 2.45) is 5.92 Å². The summed E-state index contributed by atoms with van der Waals surface area (Å²) in [6.07, 6.45) is -0.0470. The van der Waals surface area contributed by atoms with Gasteiger partial charge in [0.2, 0.25) is 11.8 Å². The fourth-order valence-electron chi connectivity index (χ4n) is 3.86. The average Bonchev–Trinajstić information content (AvgIpc) is 3.26. The van der Waals surface area contributed by atoms with Crippen molar-refractivity contribution < 1.29 is 28.7 Å². The van der Waals surface area contributed by atoms with E-state index < -0.39 is 6.16 Å². The second-order valence-corrected chi connectivity index (χ2v) is 8.24. The van der Waals surface area contributed by atoms with Gasteiger partial charge in [0.05, 0.1) is 18.6 Å². The number of nitrogens with zero attached hydrogens (tertiary/aromatic N) is 1. The van der Waals surface area contributed by atoms with E-state index in [9.17, 15) is 19.2 Å². The van der Waals surface area contributed by atoms with Gasteiger partial charge in [-0.1, -0.05) is 30.3 Å². The summed E-state index contributed by atoms with van der Waals surface area (Å²) in [5, 5.41) is 5.65. The van der Waals surface area contributed by atoms with Crippen molar-refractivity contribution in [1.82, 2.24) is 15.5 Å². The van der Waals surface area contributed by atoms with Crippen LogP contribution in [0.15, 0.2) is 54.6 Å². The Morgan fingerprint density at radius 1 is 1.03 bits per heavy atom. The molecular weight excluding hydrogens is 450 g/mol. The van der Waals surface area contributed by atoms with Crippen LogP contribution in [0.3, 0.4) is 0 Å². The fourth-order valence-corrected chi connectivity index (χ4v) is 3.86. The first-order valence-corrected chi connectivity index (χ1v) is 11.7. The lowest BCUT2D eigenvalue weighted by Crippen LogP contribution is -2.35. The van der Waals surface area contributed by atoms with Crippen LogP contribution in [-0.4, -0.2) is 55.0 Å². The van der Waals surface area contributed by atoms with Crippen molar-refractivity contribution >= 4 is 23.9 Å². The predicted molar refractivity (Wildman–Crippen MR) is 129 cm³/mol. The lowest BCUT2D eigenvalue weighted by atomic mass is 10.1. The van der Waals surface area contributed by atoms with Crippen molar-refractivity contribution in [2.75, 3.05) is 26.2 Å². The first-order valence-electron chi connectivity index (χ1n) is 11.7. The van der Waals surface area contributed by atoms with Gasteiger partial charge in [-0.25, -0.2) is 4.79 Å². The molecule has 9 heteroatoms. The van der Waals surface area contributed by atoms with E-state index in [-0.39, 0.29) is 48.5 Å². The van der Waals surface area contributed by atoms with Crippen molar-refractivity contribution in [1.29, 1.82) is 0 Å². The number of carbonyl (C=O) groups excluding carboxylic acids is 4. The molecule has 0 saturated carbocycles. The standard InChI is InChI=1S/C26H31N3O6/c1-3-34-26(33)35-22-12-10-20(11-13-22)24(31)27-14-7-15-28-25(32)21-16-23(30)29(17-21)18(2)19-8-5-4-6-9-19/h4-6,8-13,18,21H,3,7,14-17H2,1-2H3,(H,27,31)(H,28,32). The number of carbonyl (C=O) groups is 4. The Hall–Kier alpha value is -3.88. The van der Waals surface area contributed by atoms with Crippen LogP contribution in [0.25, 0.3) is 0 Å². The highest BCUT2D eigenvalue weighted by Crippen LogP contribution is 2.28. The van der Waals surface area contributed by atoms with Gasteiger partial charge in [0.15, 0.2) is 0 Å². The highest BCUT2D eigenvalue weighted by molar-refractivity contribution is 5.94. The van der Waals surface area contributed by atoms with Crippen LogP contribution < -0.4 is 15.4 Å². The molecule has 0 spiro atoms. The molecule has 2 unspecified atom stereocenters. The van der Waals surface area contributed by atoms with Gasteiger partial charge in [-0.2, -0.15) is 0 Å². The number of hydrogen-bond donors (Lipinski definition) is 2. The average molecular weight is 482 g/mol. The van der Waals surface area contributed by atoms with Crippen LogP contribution in [0.1, 0.15) is 48.7 Å². The molecule has 2 aromatic carbocycles. The number of rotatable bonds is 10. The second-order valence-electron chi connectivity index (χ2n) is 8.24. The van der Waals surface area contributed by atoms with Gasteiger partial charge in [0.25, 0.3) is 5.91 Å². The van der Waals surface area contributed by atoms with Gasteiger partial charge >= 0.3 is 6.16 Å². The Bertz CT molecular complexity index is 1030. The van der Waals surface area contributed by atoms with Crippen molar-refractivity contribution in [3.8, 4) is 5.75 Å². The molecule has 2 aromatic rings. The Morgan fingerprint density at radius 3 is 2.40 bits per heavy atom. The van der Waals surface area contributed by atoms with Crippen molar-refractivity contribution in [3.63, 3.8) is 0 Å². The third-order valence-electron chi connectivity index (χ3n) is 5.80. The predicted octanol–water partition coefficient (Wildman–Crippen LogP) is 3.07. The summed E-state index contributed by atoms with van der Waals surface area (Å²) in [7, 11) is 0. The summed E-state index contributed by atoms with van der Waals surface area (Å²) in [6, 6.07) is 15.8. The van der Waals surface area contributed by atoms with Crippen LogP contribution >= 0.6 is 0 Å². The molecule has 1 aliphatic heterocycles. The summed E-state index contributed by atoms with van der Waals surface area (Å²) in [5.74, 6) is -0.536. The molecule has 0 bridgehead atoms. The van der Waals surface area contributed by atoms with E-state index >= 15 is 0 Å². The molecule has 1 aliphatic rings. The third-order valence-corrected chi connectivity index (χ3v) is 5.80. The van der Waals surface area contributed by atoms with E-state index in [4.69, 9.17) is 9.47 Å². The minimum Gasteiger partial charge on any atom is -0.434 e. The molecule has 0 aromatic heterocycles. The first kappa shape index (κ1) is 25.7. The Balaban J connectivity index is 1.35. The fraction of sp³-hybridized carbons (Fsp3) is 0.385. The topological polar surface area (TPSA) is 114 Å². The highest BCUT2D eigenvalue weighted by Gasteiger charge is 2.36. The summed E-state index contributed by atoms with van der Waals surface area (Å²) in [5.41, 5.74) is 1.46. The largest absolute Gasteiger partial charge is 0.513 e. The van der Waals surface area contributed by atoms with E-state index in [0.29, 0.717) is 31.6 Å². The van der Waals surface area contributed by atoms with Gasteiger partial charge in [-0.3, -0.25) is 14.4 Å². The minimum atomic E-state index is -0.799. The smallest absolute Gasteiger partial charge is 0.434 e. The molecule has 9 nitrogen and oxygen atoms in total. The lowest BCUT2D eigenvalue weighted by molar-refractivity contribution is -0.130. The van der Waals surface area contributed by atoms with Gasteiger partial charge in [0.1, 0.15) is 5.75 Å². The number of benzene rings is 2. The van der Waals surface area contributed by atoms with E-state index in [1.807, 2.05) is 37.3 Å². The van der Waals surface area contributed by atoms with Gasteiger partial charge in [-0.05, 0) is 50.1 Å². The molecule has 2 atom stereocenters. The van der Waals surface area contributed by atoms with Gasteiger partial charge in [0, 0.05) is 31.6 Å². The lowest BCUT2D eigenvalue weighted by Gasteiger charge is -2.25. The zero-order valence-corrected chi connectivity index (χ0v) is 20.0. The number of hydrogen-bond acceptors (Lipinski definition) is 6. The summed E-state index contributed by atoms with van der Waals surface area (Å²) in [4.78, 5) is 50.3. The molecule has 1 heterocycles. The summed E-state index contributed by atoms with van der Waals surface area (Å²) in [6.45, 7) is 5.02. The van der Waals surface area contributed by atoms with Crippen LogP contribution in [0.5, 0.6) is 5.75 Å². The zero-order chi connectivity index (χ0) is 25.2. The Morgan fingerprint density at radius 2 is 1.71 bits per heavy atom. The normalized spacial score (nSPS) is 15.9. The maximum Gasteiger partial charge on any atom is 0.513 e.